The van der Waals surface area contributed by atoms with Gasteiger partial charge in [-0.15, -0.1) is 0 Å². The SMILES string of the molecule is COc1ccc(C)cc1NC(=O)c1cc(Nc2c(F)cccc2F)nc(C)n1. The zero-order valence-corrected chi connectivity index (χ0v) is 15.5. The van der Waals surface area contributed by atoms with E-state index >= 15 is 0 Å². The normalized spacial score (nSPS) is 10.5. The Morgan fingerprint density at radius 1 is 1.04 bits per heavy atom. The predicted octanol–water partition coefficient (Wildman–Crippen LogP) is 4.38. The van der Waals surface area contributed by atoms with Gasteiger partial charge in [-0.2, -0.15) is 0 Å². The van der Waals surface area contributed by atoms with E-state index in [0.29, 0.717) is 11.4 Å². The lowest BCUT2D eigenvalue weighted by Crippen LogP contribution is -2.16. The highest BCUT2D eigenvalue weighted by atomic mass is 19.1. The van der Waals surface area contributed by atoms with Crippen molar-refractivity contribution in [3.63, 3.8) is 0 Å². The number of carbonyl (C=O) groups excluding carboxylic acids is 1. The quantitative estimate of drug-likeness (QED) is 0.683. The highest BCUT2D eigenvalue weighted by Gasteiger charge is 2.15. The first-order valence-electron chi connectivity index (χ1n) is 8.40. The van der Waals surface area contributed by atoms with Crippen molar-refractivity contribution in [2.24, 2.45) is 0 Å². The van der Waals surface area contributed by atoms with Crippen LogP contribution >= 0.6 is 0 Å². The number of anilines is 3. The van der Waals surface area contributed by atoms with E-state index in [-0.39, 0.29) is 23.0 Å². The van der Waals surface area contributed by atoms with Gasteiger partial charge in [0.1, 0.15) is 40.4 Å². The van der Waals surface area contributed by atoms with Gasteiger partial charge in [-0.25, -0.2) is 18.7 Å². The third-order valence-corrected chi connectivity index (χ3v) is 3.89. The molecule has 28 heavy (non-hydrogen) atoms. The number of para-hydroxylation sites is 1. The molecule has 0 aliphatic rings. The smallest absolute Gasteiger partial charge is 0.274 e. The van der Waals surface area contributed by atoms with Gasteiger partial charge >= 0.3 is 0 Å². The molecular formula is C20H18F2N4O2. The Kier molecular flexibility index (Phi) is 5.49. The third-order valence-electron chi connectivity index (χ3n) is 3.89. The van der Waals surface area contributed by atoms with Crippen LogP contribution < -0.4 is 15.4 Å². The maximum absolute atomic E-state index is 13.9. The summed E-state index contributed by atoms with van der Waals surface area (Å²) in [7, 11) is 1.50. The molecule has 8 heteroatoms. The number of carbonyl (C=O) groups is 1. The fourth-order valence-electron chi connectivity index (χ4n) is 2.60. The molecule has 0 bridgehead atoms. The minimum atomic E-state index is -0.772. The Labute approximate surface area is 160 Å². The van der Waals surface area contributed by atoms with Crippen LogP contribution in [-0.2, 0) is 0 Å². The summed E-state index contributed by atoms with van der Waals surface area (Å²) in [5, 5.41) is 5.30. The summed E-state index contributed by atoms with van der Waals surface area (Å²) in [4.78, 5) is 20.8. The van der Waals surface area contributed by atoms with E-state index in [1.165, 1.54) is 19.2 Å². The monoisotopic (exact) mass is 384 g/mol. The molecule has 6 nitrogen and oxygen atoms in total. The molecule has 0 atom stereocenters. The first-order chi connectivity index (χ1) is 13.4. The van der Waals surface area contributed by atoms with Crippen molar-refractivity contribution in [1.29, 1.82) is 0 Å². The lowest BCUT2D eigenvalue weighted by Gasteiger charge is -2.12. The van der Waals surface area contributed by atoms with Gasteiger partial charge in [0, 0.05) is 6.07 Å². The van der Waals surface area contributed by atoms with Crippen LogP contribution in [0.3, 0.4) is 0 Å². The third kappa shape index (κ3) is 4.22. The molecule has 0 unspecified atom stereocenters. The van der Waals surface area contributed by atoms with E-state index in [2.05, 4.69) is 20.6 Å². The number of rotatable bonds is 5. The van der Waals surface area contributed by atoms with Gasteiger partial charge in [0.25, 0.3) is 5.91 Å². The van der Waals surface area contributed by atoms with Crippen molar-refractivity contribution in [3.8, 4) is 5.75 Å². The van der Waals surface area contributed by atoms with Crippen molar-refractivity contribution in [3.05, 3.63) is 71.2 Å². The van der Waals surface area contributed by atoms with Crippen LogP contribution in [0, 0.1) is 25.5 Å². The number of nitrogens with zero attached hydrogens (tertiary/aromatic N) is 2. The lowest BCUT2D eigenvalue weighted by molar-refractivity contribution is 0.102. The molecule has 0 fully saturated rings. The van der Waals surface area contributed by atoms with Crippen LogP contribution in [0.2, 0.25) is 0 Å². The van der Waals surface area contributed by atoms with Crippen LogP contribution in [0.15, 0.2) is 42.5 Å². The Morgan fingerprint density at radius 3 is 2.43 bits per heavy atom. The van der Waals surface area contributed by atoms with Gasteiger partial charge in [-0.1, -0.05) is 12.1 Å². The van der Waals surface area contributed by atoms with Crippen molar-refractivity contribution >= 4 is 23.1 Å². The van der Waals surface area contributed by atoms with Gasteiger partial charge in [0.05, 0.1) is 12.8 Å². The lowest BCUT2D eigenvalue weighted by atomic mass is 10.2. The maximum atomic E-state index is 13.9. The summed E-state index contributed by atoms with van der Waals surface area (Å²) in [5.74, 6) is -1.19. The Hall–Kier alpha value is -3.55. The molecule has 0 saturated carbocycles. The molecule has 0 radical (unpaired) electrons. The Bertz CT molecular complexity index is 1020. The van der Waals surface area contributed by atoms with Gasteiger partial charge < -0.3 is 15.4 Å². The van der Waals surface area contributed by atoms with Crippen LogP contribution in [0.5, 0.6) is 5.75 Å². The molecular weight excluding hydrogens is 366 g/mol. The van der Waals surface area contributed by atoms with E-state index in [0.717, 1.165) is 17.7 Å². The summed E-state index contributed by atoms with van der Waals surface area (Å²) in [6.07, 6.45) is 0. The first kappa shape index (κ1) is 19.2. The van der Waals surface area contributed by atoms with Gasteiger partial charge in [0.15, 0.2) is 0 Å². The van der Waals surface area contributed by atoms with Gasteiger partial charge in [-0.05, 0) is 43.7 Å². The van der Waals surface area contributed by atoms with E-state index in [1.807, 2.05) is 13.0 Å². The molecule has 0 spiro atoms. The van der Waals surface area contributed by atoms with E-state index in [4.69, 9.17) is 4.74 Å². The van der Waals surface area contributed by atoms with E-state index < -0.39 is 17.5 Å². The van der Waals surface area contributed by atoms with Crippen molar-refractivity contribution in [2.75, 3.05) is 17.7 Å². The average Bonchev–Trinajstić information content (AvgIpc) is 2.64. The summed E-state index contributed by atoms with van der Waals surface area (Å²) >= 11 is 0. The number of ether oxygens (including phenoxy) is 1. The molecule has 1 aromatic heterocycles. The van der Waals surface area contributed by atoms with Gasteiger partial charge in [0.2, 0.25) is 0 Å². The number of aryl methyl sites for hydroxylation is 2. The maximum Gasteiger partial charge on any atom is 0.274 e. The second-order valence-electron chi connectivity index (χ2n) is 6.07. The molecule has 2 N–H and O–H groups in total. The van der Waals surface area contributed by atoms with E-state index in [1.54, 1.807) is 19.1 Å². The number of nitrogens with one attached hydrogen (secondary N) is 2. The predicted molar refractivity (Wildman–Crippen MR) is 102 cm³/mol. The molecule has 0 saturated heterocycles. The molecule has 3 aromatic rings. The number of hydrogen-bond donors (Lipinski definition) is 2. The Balaban J connectivity index is 1.89. The number of amides is 1. The summed E-state index contributed by atoms with van der Waals surface area (Å²) in [6.45, 7) is 3.46. The standard InChI is InChI=1S/C20H18F2N4O2/c1-11-7-8-17(28-3)15(9-11)25-20(27)16-10-18(24-12(2)23-16)26-19-13(21)5-4-6-14(19)22/h4-10H,1-3H3,(H,25,27)(H,23,24,26). The van der Waals surface area contributed by atoms with Gasteiger partial charge in [-0.3, -0.25) is 4.79 Å². The zero-order valence-electron chi connectivity index (χ0n) is 15.5. The molecule has 3 rings (SSSR count). The highest BCUT2D eigenvalue weighted by molar-refractivity contribution is 6.04. The van der Waals surface area contributed by atoms with Crippen molar-refractivity contribution in [2.45, 2.75) is 13.8 Å². The average molecular weight is 384 g/mol. The van der Waals surface area contributed by atoms with Crippen LogP contribution in [0.4, 0.5) is 26.0 Å². The molecule has 144 valence electrons. The topological polar surface area (TPSA) is 76.1 Å². The number of methoxy groups -OCH3 is 1. The number of hydrogen-bond acceptors (Lipinski definition) is 5. The second kappa shape index (κ2) is 7.99. The molecule has 1 heterocycles. The van der Waals surface area contributed by atoms with Crippen LogP contribution in [0.25, 0.3) is 0 Å². The number of aromatic nitrogens is 2. The highest BCUT2D eigenvalue weighted by Crippen LogP contribution is 2.26. The zero-order chi connectivity index (χ0) is 20.3. The number of halogens is 2. The fourth-order valence-corrected chi connectivity index (χ4v) is 2.60. The van der Waals surface area contributed by atoms with Crippen molar-refractivity contribution in [1.82, 2.24) is 9.97 Å². The van der Waals surface area contributed by atoms with Crippen LogP contribution in [0.1, 0.15) is 21.9 Å². The van der Waals surface area contributed by atoms with Crippen molar-refractivity contribution < 1.29 is 18.3 Å². The summed E-state index contributed by atoms with van der Waals surface area (Å²) in [6, 6.07) is 10.2. The van der Waals surface area contributed by atoms with Crippen LogP contribution in [-0.4, -0.2) is 23.0 Å². The fraction of sp³-hybridized carbons (Fsp3) is 0.150. The summed E-state index contributed by atoms with van der Waals surface area (Å²) < 4.78 is 33.0. The second-order valence-corrected chi connectivity index (χ2v) is 6.07. The summed E-state index contributed by atoms with van der Waals surface area (Å²) in [5.41, 5.74) is 1.10. The largest absolute Gasteiger partial charge is 0.495 e. The molecule has 0 aliphatic carbocycles. The first-order valence-corrected chi connectivity index (χ1v) is 8.40. The van der Waals surface area contributed by atoms with E-state index in [9.17, 15) is 13.6 Å². The minimum Gasteiger partial charge on any atom is -0.495 e. The minimum absolute atomic E-state index is 0.0373. The Morgan fingerprint density at radius 2 is 1.75 bits per heavy atom. The molecule has 1 amide bonds. The molecule has 2 aromatic carbocycles. The molecule has 0 aliphatic heterocycles. The number of benzene rings is 2.